The van der Waals surface area contributed by atoms with Crippen molar-refractivity contribution in [2.24, 2.45) is 0 Å². The van der Waals surface area contributed by atoms with Crippen LogP contribution in [0.1, 0.15) is 36.0 Å². The van der Waals surface area contributed by atoms with Crippen LogP contribution in [0.25, 0.3) is 0 Å². The maximum Gasteiger partial charge on any atom is 0.339 e. The molecule has 2 atom stereocenters. The van der Waals surface area contributed by atoms with Gasteiger partial charge in [0.2, 0.25) is 0 Å². The largest absolute Gasteiger partial charge is 0.488 e. The van der Waals surface area contributed by atoms with E-state index < -0.39 is 21.1 Å². The number of hydrogen-bond donors (Lipinski definition) is 1. The number of carboxylic acid groups (broad SMARTS) is 1. The van der Waals surface area contributed by atoms with Crippen LogP contribution in [0.2, 0.25) is 0 Å². The highest BCUT2D eigenvalue weighted by atomic mass is 32.2. The molecule has 2 unspecified atom stereocenters. The minimum atomic E-state index is -3.09. The third-order valence-electron chi connectivity index (χ3n) is 3.49. The molecule has 0 saturated heterocycles. The van der Waals surface area contributed by atoms with Crippen molar-refractivity contribution in [3.8, 4) is 5.75 Å². The van der Waals surface area contributed by atoms with E-state index in [9.17, 15) is 13.2 Å². The Morgan fingerprint density at radius 2 is 2.20 bits per heavy atom. The molecule has 0 spiro atoms. The van der Waals surface area contributed by atoms with Gasteiger partial charge in [0.15, 0.2) is 5.75 Å². The molecule has 110 valence electrons. The Labute approximate surface area is 117 Å². The summed E-state index contributed by atoms with van der Waals surface area (Å²) in [6, 6.07) is 1.37. The second kappa shape index (κ2) is 5.78. The second-order valence-corrected chi connectivity index (χ2v) is 7.36. The molecular formula is C13H17NO5S. The molecule has 1 aliphatic rings. The van der Waals surface area contributed by atoms with Crippen molar-refractivity contribution < 1.29 is 23.1 Å². The molecule has 1 heterocycles. The molecule has 0 aromatic carbocycles. The molecule has 1 fully saturated rings. The van der Waals surface area contributed by atoms with Gasteiger partial charge in [0.05, 0.1) is 11.4 Å². The number of carbonyl (C=O) groups is 1. The van der Waals surface area contributed by atoms with Crippen molar-refractivity contribution in [2.45, 2.75) is 37.0 Å². The van der Waals surface area contributed by atoms with Gasteiger partial charge in [-0.2, -0.15) is 0 Å². The Kier molecular flexibility index (Phi) is 4.27. The molecule has 0 radical (unpaired) electrons. The normalized spacial score (nSPS) is 23.2. The van der Waals surface area contributed by atoms with Gasteiger partial charge in [0.25, 0.3) is 0 Å². The molecule has 6 nitrogen and oxygen atoms in total. The summed E-state index contributed by atoms with van der Waals surface area (Å²) in [7, 11) is -3.09. The van der Waals surface area contributed by atoms with Crippen LogP contribution in [0.4, 0.5) is 0 Å². The van der Waals surface area contributed by atoms with Gasteiger partial charge in [-0.05, 0) is 25.3 Å². The van der Waals surface area contributed by atoms with Crippen LogP contribution in [-0.2, 0) is 9.84 Å². The van der Waals surface area contributed by atoms with E-state index in [-0.39, 0.29) is 17.4 Å². The lowest BCUT2D eigenvalue weighted by Crippen LogP contribution is -2.33. The number of ether oxygens (including phenoxy) is 1. The van der Waals surface area contributed by atoms with Crippen LogP contribution in [0.3, 0.4) is 0 Å². The quantitative estimate of drug-likeness (QED) is 0.905. The van der Waals surface area contributed by atoms with Gasteiger partial charge in [0, 0.05) is 18.9 Å². The van der Waals surface area contributed by atoms with Crippen LogP contribution in [-0.4, -0.2) is 42.1 Å². The van der Waals surface area contributed by atoms with E-state index in [1.807, 2.05) is 0 Å². The van der Waals surface area contributed by atoms with E-state index in [0.29, 0.717) is 12.8 Å². The van der Waals surface area contributed by atoms with Gasteiger partial charge in [-0.1, -0.05) is 0 Å². The van der Waals surface area contributed by atoms with Crippen molar-refractivity contribution >= 4 is 15.8 Å². The number of rotatable bonds is 4. The lowest BCUT2D eigenvalue weighted by Gasteiger charge is -2.28. The first kappa shape index (κ1) is 14.8. The van der Waals surface area contributed by atoms with Crippen molar-refractivity contribution in [3.05, 3.63) is 24.0 Å². The van der Waals surface area contributed by atoms with Crippen LogP contribution in [0.15, 0.2) is 18.5 Å². The summed E-state index contributed by atoms with van der Waals surface area (Å²) in [5, 5.41) is 8.66. The van der Waals surface area contributed by atoms with Gasteiger partial charge < -0.3 is 9.84 Å². The highest BCUT2D eigenvalue weighted by Crippen LogP contribution is 2.28. The van der Waals surface area contributed by atoms with Crippen molar-refractivity contribution in [1.82, 2.24) is 4.98 Å². The average molecular weight is 299 g/mol. The summed E-state index contributed by atoms with van der Waals surface area (Å²) in [6.07, 6.45) is 6.19. The first-order valence-corrected chi connectivity index (χ1v) is 8.36. The molecule has 2 rings (SSSR count). The summed E-state index contributed by atoms with van der Waals surface area (Å²) in [6.45, 7) is 0. The number of nitrogens with zero attached hydrogens (tertiary/aromatic N) is 1. The van der Waals surface area contributed by atoms with Gasteiger partial charge in [-0.15, -0.1) is 0 Å². The molecule has 20 heavy (non-hydrogen) atoms. The van der Waals surface area contributed by atoms with Gasteiger partial charge >= 0.3 is 5.97 Å². The fraction of sp³-hybridized carbons (Fsp3) is 0.538. The molecule has 1 N–H and O–H groups in total. The average Bonchev–Trinajstić information content (AvgIpc) is 2.38. The van der Waals surface area contributed by atoms with Crippen LogP contribution < -0.4 is 4.74 Å². The first-order chi connectivity index (χ1) is 9.38. The molecule has 1 aromatic rings. The minimum Gasteiger partial charge on any atom is -0.488 e. The predicted molar refractivity (Wildman–Crippen MR) is 72.7 cm³/mol. The zero-order valence-corrected chi connectivity index (χ0v) is 12.0. The van der Waals surface area contributed by atoms with Crippen LogP contribution in [0, 0.1) is 0 Å². The number of sulfone groups is 1. The van der Waals surface area contributed by atoms with Crippen molar-refractivity contribution in [2.75, 3.05) is 6.26 Å². The first-order valence-electron chi connectivity index (χ1n) is 6.40. The highest BCUT2D eigenvalue weighted by Gasteiger charge is 2.30. The summed E-state index contributed by atoms with van der Waals surface area (Å²) in [4.78, 5) is 14.9. The third-order valence-corrected chi connectivity index (χ3v) is 5.13. The van der Waals surface area contributed by atoms with Gasteiger partial charge in [-0.25, -0.2) is 13.2 Å². The fourth-order valence-corrected chi connectivity index (χ4v) is 3.59. The molecule has 7 heteroatoms. The standard InChI is InChI=1S/C13H17NO5S/c1-20(17,18)10-4-2-3-9(7-10)19-12-8-14-6-5-11(12)13(15)16/h5-6,8-10H,2-4,7H2,1H3,(H,15,16). The van der Waals surface area contributed by atoms with E-state index in [2.05, 4.69) is 4.98 Å². The number of aromatic carboxylic acids is 1. The van der Waals surface area contributed by atoms with Gasteiger partial charge in [0.1, 0.15) is 21.5 Å². The predicted octanol–water partition coefficient (Wildman–Crippen LogP) is 1.51. The smallest absolute Gasteiger partial charge is 0.339 e. The van der Waals surface area contributed by atoms with E-state index in [1.165, 1.54) is 24.7 Å². The lowest BCUT2D eigenvalue weighted by atomic mass is 9.97. The van der Waals surface area contributed by atoms with E-state index in [0.717, 1.165) is 12.8 Å². The SMILES string of the molecule is CS(=O)(=O)C1CCCC(Oc2cnccc2C(=O)O)C1. The van der Waals surface area contributed by atoms with E-state index in [4.69, 9.17) is 9.84 Å². The maximum atomic E-state index is 11.6. The van der Waals surface area contributed by atoms with E-state index in [1.54, 1.807) is 0 Å². The Bertz CT molecular complexity index is 599. The number of hydrogen-bond acceptors (Lipinski definition) is 5. The second-order valence-electron chi connectivity index (χ2n) is 5.03. The van der Waals surface area contributed by atoms with E-state index >= 15 is 0 Å². The van der Waals surface area contributed by atoms with Crippen molar-refractivity contribution in [3.63, 3.8) is 0 Å². The summed E-state index contributed by atoms with van der Waals surface area (Å²) >= 11 is 0. The summed E-state index contributed by atoms with van der Waals surface area (Å²) in [5.74, 6) is -0.892. The Morgan fingerprint density at radius 3 is 2.85 bits per heavy atom. The minimum absolute atomic E-state index is 0.0430. The lowest BCUT2D eigenvalue weighted by molar-refractivity contribution is 0.0686. The number of pyridine rings is 1. The Morgan fingerprint density at radius 1 is 1.45 bits per heavy atom. The zero-order valence-electron chi connectivity index (χ0n) is 11.2. The molecule has 1 aromatic heterocycles. The Balaban J connectivity index is 2.12. The zero-order chi connectivity index (χ0) is 14.8. The molecular weight excluding hydrogens is 282 g/mol. The maximum absolute atomic E-state index is 11.6. The number of aromatic nitrogens is 1. The molecule has 1 aliphatic carbocycles. The third kappa shape index (κ3) is 3.47. The topological polar surface area (TPSA) is 93.6 Å². The van der Waals surface area contributed by atoms with Gasteiger partial charge in [-0.3, -0.25) is 4.98 Å². The molecule has 1 saturated carbocycles. The van der Waals surface area contributed by atoms with Crippen LogP contribution >= 0.6 is 0 Å². The summed E-state index contributed by atoms with van der Waals surface area (Å²) in [5.41, 5.74) is 0.0430. The molecule has 0 aliphatic heterocycles. The monoisotopic (exact) mass is 299 g/mol. The van der Waals surface area contributed by atoms with Crippen molar-refractivity contribution in [1.29, 1.82) is 0 Å². The highest BCUT2D eigenvalue weighted by molar-refractivity contribution is 7.91. The van der Waals surface area contributed by atoms with Crippen LogP contribution in [0.5, 0.6) is 5.75 Å². The molecule has 0 amide bonds. The number of carboxylic acids is 1. The molecule has 0 bridgehead atoms. The summed E-state index contributed by atoms with van der Waals surface area (Å²) < 4.78 is 28.9. The fourth-order valence-electron chi connectivity index (χ4n) is 2.43. The Hall–Kier alpha value is -1.63.